The Balaban J connectivity index is 3.20. The van der Waals surface area contributed by atoms with Crippen LogP contribution in [0.2, 0.25) is 0 Å². The fourth-order valence-electron chi connectivity index (χ4n) is 0.949. The van der Waals surface area contributed by atoms with Crippen molar-refractivity contribution in [2.75, 3.05) is 39.4 Å². The van der Waals surface area contributed by atoms with E-state index in [1.807, 2.05) is 6.92 Å². The number of hydrogen-bond acceptors (Lipinski definition) is 3. The number of nitrogens with two attached hydrogens (primary N) is 1. The summed E-state index contributed by atoms with van der Waals surface area (Å²) in [7, 11) is 0. The van der Waals surface area contributed by atoms with Crippen molar-refractivity contribution in [1.82, 2.24) is 4.90 Å². The lowest BCUT2D eigenvalue weighted by atomic mass is 10.4. The van der Waals surface area contributed by atoms with Gasteiger partial charge in [-0.25, -0.2) is 0 Å². The minimum atomic E-state index is 0.736. The van der Waals surface area contributed by atoms with Gasteiger partial charge in [0, 0.05) is 26.2 Å². The van der Waals surface area contributed by atoms with Crippen molar-refractivity contribution < 1.29 is 4.74 Å². The lowest BCUT2D eigenvalue weighted by Gasteiger charge is -2.18. The molecule has 0 saturated heterocycles. The standard InChI is InChI=1S/C8H20N2O/c1-3-10(6-5-9)7-8-11-4-2/h3-9H2,1-2H3. The Morgan fingerprint density at radius 1 is 1.27 bits per heavy atom. The zero-order valence-corrected chi connectivity index (χ0v) is 7.68. The second kappa shape index (κ2) is 7.98. The van der Waals surface area contributed by atoms with Gasteiger partial charge in [-0.2, -0.15) is 0 Å². The van der Waals surface area contributed by atoms with Gasteiger partial charge in [-0.1, -0.05) is 6.92 Å². The van der Waals surface area contributed by atoms with Crippen LogP contribution in [-0.2, 0) is 4.74 Å². The molecule has 0 aromatic heterocycles. The number of nitrogens with zero attached hydrogens (tertiary/aromatic N) is 1. The summed E-state index contributed by atoms with van der Waals surface area (Å²) < 4.78 is 5.23. The van der Waals surface area contributed by atoms with E-state index in [-0.39, 0.29) is 0 Å². The smallest absolute Gasteiger partial charge is 0.0593 e. The first-order valence-corrected chi connectivity index (χ1v) is 4.35. The lowest BCUT2D eigenvalue weighted by Crippen LogP contribution is -2.32. The molecule has 0 amide bonds. The van der Waals surface area contributed by atoms with Crippen molar-refractivity contribution in [3.8, 4) is 0 Å². The van der Waals surface area contributed by atoms with Crippen molar-refractivity contribution in [2.45, 2.75) is 13.8 Å². The summed E-state index contributed by atoms with van der Waals surface area (Å²) >= 11 is 0. The summed E-state index contributed by atoms with van der Waals surface area (Å²) in [6.07, 6.45) is 0. The summed E-state index contributed by atoms with van der Waals surface area (Å²) in [4.78, 5) is 2.29. The molecular formula is C8H20N2O. The quantitative estimate of drug-likeness (QED) is 0.544. The molecular weight excluding hydrogens is 140 g/mol. The summed E-state index contributed by atoms with van der Waals surface area (Å²) in [6.45, 7) is 9.56. The molecule has 0 spiro atoms. The molecule has 2 N–H and O–H groups in total. The maximum absolute atomic E-state index is 5.43. The zero-order chi connectivity index (χ0) is 8.53. The highest BCUT2D eigenvalue weighted by Gasteiger charge is 1.98. The van der Waals surface area contributed by atoms with Crippen molar-refractivity contribution in [3.63, 3.8) is 0 Å². The van der Waals surface area contributed by atoms with Gasteiger partial charge in [0.05, 0.1) is 6.61 Å². The Morgan fingerprint density at radius 2 is 2.00 bits per heavy atom. The molecule has 0 radical (unpaired) electrons. The van der Waals surface area contributed by atoms with Crippen molar-refractivity contribution in [3.05, 3.63) is 0 Å². The second-order valence-corrected chi connectivity index (χ2v) is 2.42. The van der Waals surface area contributed by atoms with E-state index in [2.05, 4.69) is 11.8 Å². The monoisotopic (exact) mass is 160 g/mol. The molecule has 0 unspecified atom stereocenters. The molecule has 0 aliphatic heterocycles. The van der Waals surface area contributed by atoms with E-state index in [1.54, 1.807) is 0 Å². The molecule has 0 aliphatic rings. The number of likely N-dealkylation sites (N-methyl/N-ethyl adjacent to an activating group) is 1. The van der Waals surface area contributed by atoms with Crippen LogP contribution in [0.5, 0.6) is 0 Å². The average molecular weight is 160 g/mol. The van der Waals surface area contributed by atoms with Crippen LogP contribution in [0.15, 0.2) is 0 Å². The Bertz CT molecular complexity index is 78.5. The van der Waals surface area contributed by atoms with Gasteiger partial charge in [-0.05, 0) is 13.5 Å². The van der Waals surface area contributed by atoms with Crippen molar-refractivity contribution in [1.29, 1.82) is 0 Å². The predicted molar refractivity (Wildman–Crippen MR) is 47.7 cm³/mol. The predicted octanol–water partition coefficient (Wildman–Crippen LogP) is 0.304. The van der Waals surface area contributed by atoms with Crippen LogP contribution in [0, 0.1) is 0 Å². The van der Waals surface area contributed by atoms with Crippen LogP contribution >= 0.6 is 0 Å². The maximum Gasteiger partial charge on any atom is 0.0593 e. The molecule has 0 aliphatic carbocycles. The Labute approximate surface area is 69.5 Å². The van der Waals surface area contributed by atoms with Crippen LogP contribution in [-0.4, -0.2) is 44.3 Å². The molecule has 0 aromatic carbocycles. The zero-order valence-electron chi connectivity index (χ0n) is 7.68. The van der Waals surface area contributed by atoms with Gasteiger partial charge in [-0.15, -0.1) is 0 Å². The van der Waals surface area contributed by atoms with Crippen LogP contribution in [0.25, 0.3) is 0 Å². The SMILES string of the molecule is CCOCCN(CC)CCN. The van der Waals surface area contributed by atoms with Gasteiger partial charge >= 0.3 is 0 Å². The summed E-state index contributed by atoms with van der Waals surface area (Å²) in [6, 6.07) is 0. The molecule has 0 heterocycles. The maximum atomic E-state index is 5.43. The molecule has 11 heavy (non-hydrogen) atoms. The van der Waals surface area contributed by atoms with Crippen LogP contribution in [0.3, 0.4) is 0 Å². The van der Waals surface area contributed by atoms with E-state index in [0.717, 1.165) is 39.4 Å². The van der Waals surface area contributed by atoms with Crippen LogP contribution < -0.4 is 5.73 Å². The van der Waals surface area contributed by atoms with Crippen LogP contribution in [0.1, 0.15) is 13.8 Å². The van der Waals surface area contributed by atoms with Gasteiger partial charge in [0.25, 0.3) is 0 Å². The fraction of sp³-hybridized carbons (Fsp3) is 1.00. The normalized spacial score (nSPS) is 10.9. The third-order valence-corrected chi connectivity index (χ3v) is 1.65. The minimum Gasteiger partial charge on any atom is -0.380 e. The highest BCUT2D eigenvalue weighted by molar-refractivity contribution is 4.54. The Morgan fingerprint density at radius 3 is 2.45 bits per heavy atom. The molecule has 0 bridgehead atoms. The van der Waals surface area contributed by atoms with Crippen molar-refractivity contribution in [2.24, 2.45) is 5.73 Å². The Kier molecular flexibility index (Phi) is 7.89. The summed E-state index contributed by atoms with van der Waals surface area (Å²) in [5.74, 6) is 0. The van der Waals surface area contributed by atoms with E-state index in [1.165, 1.54) is 0 Å². The van der Waals surface area contributed by atoms with E-state index < -0.39 is 0 Å². The highest BCUT2D eigenvalue weighted by Crippen LogP contribution is 1.85. The molecule has 0 atom stereocenters. The number of rotatable bonds is 7. The van der Waals surface area contributed by atoms with Gasteiger partial charge in [0.15, 0.2) is 0 Å². The second-order valence-electron chi connectivity index (χ2n) is 2.42. The first kappa shape index (κ1) is 10.9. The largest absolute Gasteiger partial charge is 0.380 e. The summed E-state index contributed by atoms with van der Waals surface area (Å²) in [5, 5.41) is 0. The fourth-order valence-corrected chi connectivity index (χ4v) is 0.949. The van der Waals surface area contributed by atoms with Gasteiger partial charge in [0.2, 0.25) is 0 Å². The van der Waals surface area contributed by atoms with E-state index in [9.17, 15) is 0 Å². The first-order valence-electron chi connectivity index (χ1n) is 4.35. The third-order valence-electron chi connectivity index (χ3n) is 1.65. The van der Waals surface area contributed by atoms with E-state index >= 15 is 0 Å². The van der Waals surface area contributed by atoms with Gasteiger partial charge in [-0.3, -0.25) is 0 Å². The third kappa shape index (κ3) is 6.28. The van der Waals surface area contributed by atoms with Gasteiger partial charge < -0.3 is 15.4 Å². The molecule has 68 valence electrons. The molecule has 0 fully saturated rings. The average Bonchev–Trinajstić information content (AvgIpc) is 2.03. The number of ether oxygens (including phenoxy) is 1. The van der Waals surface area contributed by atoms with E-state index in [4.69, 9.17) is 10.5 Å². The highest BCUT2D eigenvalue weighted by atomic mass is 16.5. The minimum absolute atomic E-state index is 0.736. The van der Waals surface area contributed by atoms with Crippen LogP contribution in [0.4, 0.5) is 0 Å². The van der Waals surface area contributed by atoms with Gasteiger partial charge in [0.1, 0.15) is 0 Å². The topological polar surface area (TPSA) is 38.5 Å². The molecule has 3 nitrogen and oxygen atoms in total. The lowest BCUT2D eigenvalue weighted by molar-refractivity contribution is 0.116. The summed E-state index contributed by atoms with van der Waals surface area (Å²) in [5.41, 5.74) is 5.43. The number of hydrogen-bond donors (Lipinski definition) is 1. The molecule has 0 aromatic rings. The molecule has 0 rings (SSSR count). The molecule has 3 heteroatoms. The molecule has 0 saturated carbocycles. The van der Waals surface area contributed by atoms with E-state index in [0.29, 0.717) is 0 Å². The Hall–Kier alpha value is -0.120. The first-order chi connectivity index (χ1) is 5.35. The van der Waals surface area contributed by atoms with Crippen molar-refractivity contribution >= 4 is 0 Å².